The number of hydrogen-bond donors (Lipinski definition) is 3. The Labute approximate surface area is 410 Å². The number of carbonyl (C=O) groups is 2. The third-order valence-corrected chi connectivity index (χ3v) is 13.0. The average Bonchev–Trinajstić information content (AvgIpc) is 3.32. The smallest absolute Gasteiger partial charge is 0.305 e. The minimum Gasteiger partial charge on any atom is -0.466 e. The lowest BCUT2D eigenvalue weighted by Gasteiger charge is -2.20. The molecule has 6 heteroatoms. The summed E-state index contributed by atoms with van der Waals surface area (Å²) >= 11 is 0. The van der Waals surface area contributed by atoms with Crippen molar-refractivity contribution in [2.75, 3.05) is 13.2 Å². The summed E-state index contributed by atoms with van der Waals surface area (Å²) in [7, 11) is 0. The van der Waals surface area contributed by atoms with Crippen LogP contribution in [0.15, 0.2) is 48.6 Å². The standard InChI is InChI=1S/C60H111NO5/c1-3-5-7-9-11-13-15-17-25-29-32-36-40-44-48-52-58(63)57(56-62)61-59(64)53-49-45-41-37-33-30-26-23-21-19-18-20-22-24-27-31-35-39-43-47-51-55-66-60(65)54-50-46-42-38-34-28-16-14-12-10-8-6-4-2/h8,10,14,16,19,21,48,52,57-58,62-63H,3-7,9,11-13,15,17-18,20,22-47,49-51,53-56H2,1-2H3,(H,61,64)/b10-8-,16-14-,21-19-,52-48+. The highest BCUT2D eigenvalue weighted by Crippen LogP contribution is 2.16. The van der Waals surface area contributed by atoms with E-state index < -0.39 is 12.1 Å². The zero-order valence-electron chi connectivity index (χ0n) is 43.9. The number of rotatable bonds is 53. The minimum atomic E-state index is -0.850. The first-order valence-corrected chi connectivity index (χ1v) is 28.9. The first-order valence-electron chi connectivity index (χ1n) is 28.9. The molecule has 0 radical (unpaired) electrons. The van der Waals surface area contributed by atoms with E-state index in [9.17, 15) is 19.8 Å². The molecule has 0 saturated heterocycles. The van der Waals surface area contributed by atoms with Gasteiger partial charge in [-0.05, 0) is 83.5 Å². The van der Waals surface area contributed by atoms with Crippen LogP contribution in [0.3, 0.4) is 0 Å². The third-order valence-electron chi connectivity index (χ3n) is 13.0. The molecule has 0 saturated carbocycles. The molecule has 0 fully saturated rings. The van der Waals surface area contributed by atoms with Crippen LogP contribution in [0.4, 0.5) is 0 Å². The van der Waals surface area contributed by atoms with E-state index in [0.717, 1.165) is 57.8 Å². The molecule has 2 unspecified atom stereocenters. The van der Waals surface area contributed by atoms with Gasteiger partial charge in [0.05, 0.1) is 25.4 Å². The van der Waals surface area contributed by atoms with Crippen molar-refractivity contribution in [1.82, 2.24) is 5.32 Å². The van der Waals surface area contributed by atoms with Crippen LogP contribution in [0.2, 0.25) is 0 Å². The molecule has 3 N–H and O–H groups in total. The quantitative estimate of drug-likeness (QED) is 0.0321. The molecule has 0 aliphatic carbocycles. The number of ether oxygens (including phenoxy) is 1. The first-order chi connectivity index (χ1) is 32.5. The van der Waals surface area contributed by atoms with Crippen LogP contribution >= 0.6 is 0 Å². The normalized spacial score (nSPS) is 13.0. The van der Waals surface area contributed by atoms with Crippen LogP contribution in [-0.4, -0.2) is 47.4 Å². The van der Waals surface area contributed by atoms with Crippen molar-refractivity contribution in [2.45, 2.75) is 309 Å². The van der Waals surface area contributed by atoms with Crippen LogP contribution in [-0.2, 0) is 14.3 Å². The van der Waals surface area contributed by atoms with E-state index in [1.807, 2.05) is 6.08 Å². The fraction of sp³-hybridized carbons (Fsp3) is 0.833. The molecule has 2 atom stereocenters. The van der Waals surface area contributed by atoms with Crippen LogP contribution in [0.1, 0.15) is 296 Å². The zero-order valence-corrected chi connectivity index (χ0v) is 43.9. The molecular formula is C60H111NO5. The highest BCUT2D eigenvalue weighted by Gasteiger charge is 2.18. The van der Waals surface area contributed by atoms with E-state index >= 15 is 0 Å². The molecule has 0 aromatic rings. The third kappa shape index (κ3) is 51.2. The molecule has 1 amide bonds. The maximum atomic E-state index is 12.4. The number of carbonyl (C=O) groups excluding carboxylic acids is 2. The van der Waals surface area contributed by atoms with Gasteiger partial charge in [0.2, 0.25) is 5.91 Å². The minimum absolute atomic E-state index is 0.00837. The molecule has 66 heavy (non-hydrogen) atoms. The van der Waals surface area contributed by atoms with Gasteiger partial charge in [-0.15, -0.1) is 0 Å². The zero-order chi connectivity index (χ0) is 47.9. The monoisotopic (exact) mass is 926 g/mol. The van der Waals surface area contributed by atoms with Crippen molar-refractivity contribution >= 4 is 11.9 Å². The van der Waals surface area contributed by atoms with Crippen molar-refractivity contribution in [1.29, 1.82) is 0 Å². The van der Waals surface area contributed by atoms with Crippen LogP contribution < -0.4 is 5.32 Å². The fourth-order valence-electron chi connectivity index (χ4n) is 8.61. The summed E-state index contributed by atoms with van der Waals surface area (Å²) in [5.74, 6) is -0.0844. The number of amides is 1. The molecule has 386 valence electrons. The maximum Gasteiger partial charge on any atom is 0.305 e. The highest BCUT2D eigenvalue weighted by molar-refractivity contribution is 5.76. The number of nitrogens with one attached hydrogen (secondary N) is 1. The van der Waals surface area contributed by atoms with Crippen LogP contribution in [0.5, 0.6) is 0 Å². The predicted octanol–water partition coefficient (Wildman–Crippen LogP) is 17.8. The van der Waals surface area contributed by atoms with E-state index in [4.69, 9.17) is 4.74 Å². The molecule has 0 spiro atoms. The summed E-state index contributed by atoms with van der Waals surface area (Å²) in [6.45, 7) is 4.83. The van der Waals surface area contributed by atoms with Gasteiger partial charge in [0.15, 0.2) is 0 Å². The van der Waals surface area contributed by atoms with Gasteiger partial charge in [0.1, 0.15) is 0 Å². The second-order valence-electron chi connectivity index (χ2n) is 19.6. The Morgan fingerprint density at radius 2 is 0.788 bits per heavy atom. The molecule has 0 aromatic carbocycles. The lowest BCUT2D eigenvalue weighted by molar-refractivity contribution is -0.143. The Morgan fingerprint density at radius 1 is 0.424 bits per heavy atom. The first kappa shape index (κ1) is 63.8. The number of unbranched alkanes of at least 4 members (excludes halogenated alkanes) is 36. The number of aliphatic hydroxyl groups excluding tert-OH is 2. The van der Waals surface area contributed by atoms with Gasteiger partial charge in [-0.3, -0.25) is 9.59 Å². The predicted molar refractivity (Wildman–Crippen MR) is 287 cm³/mol. The summed E-state index contributed by atoms with van der Waals surface area (Å²) in [4.78, 5) is 24.5. The van der Waals surface area contributed by atoms with Gasteiger partial charge in [-0.1, -0.05) is 249 Å². The van der Waals surface area contributed by atoms with E-state index in [-0.39, 0.29) is 18.5 Å². The Kier molecular flexibility index (Phi) is 53.6. The number of aliphatic hydroxyl groups is 2. The lowest BCUT2D eigenvalue weighted by atomic mass is 10.0. The van der Waals surface area contributed by atoms with E-state index in [0.29, 0.717) is 19.4 Å². The Morgan fingerprint density at radius 3 is 1.23 bits per heavy atom. The Hall–Kier alpha value is -2.18. The SMILES string of the molecule is CCC/C=C\C/C=C\CCCCCCCC(=O)OCCCCCCCCCCCC/C=C\CCCCCCCCCC(=O)NC(CO)C(O)/C=C/CCCCCCCCCCCCCCC. The van der Waals surface area contributed by atoms with Crippen molar-refractivity contribution in [3.05, 3.63) is 48.6 Å². The van der Waals surface area contributed by atoms with Crippen LogP contribution in [0, 0.1) is 0 Å². The molecule has 0 bridgehead atoms. The Balaban J connectivity index is 3.47. The summed E-state index contributed by atoms with van der Waals surface area (Å²) in [5, 5.41) is 23.1. The number of allylic oxidation sites excluding steroid dienone is 7. The molecular weight excluding hydrogens is 815 g/mol. The largest absolute Gasteiger partial charge is 0.466 e. The van der Waals surface area contributed by atoms with Gasteiger partial charge in [-0.2, -0.15) is 0 Å². The van der Waals surface area contributed by atoms with Gasteiger partial charge < -0.3 is 20.3 Å². The van der Waals surface area contributed by atoms with Gasteiger partial charge >= 0.3 is 5.97 Å². The van der Waals surface area contributed by atoms with E-state index in [1.54, 1.807) is 6.08 Å². The summed E-state index contributed by atoms with van der Waals surface area (Å²) in [6.07, 6.45) is 69.9. The van der Waals surface area contributed by atoms with Crippen LogP contribution in [0.25, 0.3) is 0 Å². The molecule has 0 aromatic heterocycles. The molecule has 6 nitrogen and oxygen atoms in total. The topological polar surface area (TPSA) is 95.9 Å². The second kappa shape index (κ2) is 55.4. The van der Waals surface area contributed by atoms with Crippen molar-refractivity contribution in [3.8, 4) is 0 Å². The maximum absolute atomic E-state index is 12.4. The lowest BCUT2D eigenvalue weighted by Crippen LogP contribution is -2.45. The molecule has 0 aliphatic heterocycles. The summed E-state index contributed by atoms with van der Waals surface area (Å²) < 4.78 is 5.46. The van der Waals surface area contributed by atoms with Gasteiger partial charge in [0.25, 0.3) is 0 Å². The summed E-state index contributed by atoms with van der Waals surface area (Å²) in [6, 6.07) is -0.634. The fourth-order valence-corrected chi connectivity index (χ4v) is 8.61. The average molecular weight is 927 g/mol. The molecule has 0 rings (SSSR count). The Bertz CT molecular complexity index is 1110. The van der Waals surface area contributed by atoms with Crippen molar-refractivity contribution in [2.24, 2.45) is 0 Å². The molecule has 0 heterocycles. The van der Waals surface area contributed by atoms with Crippen molar-refractivity contribution in [3.63, 3.8) is 0 Å². The summed E-state index contributed by atoms with van der Waals surface area (Å²) in [5.41, 5.74) is 0. The molecule has 0 aliphatic rings. The number of esters is 1. The highest BCUT2D eigenvalue weighted by atomic mass is 16.5. The van der Waals surface area contributed by atoms with Crippen molar-refractivity contribution < 1.29 is 24.5 Å². The van der Waals surface area contributed by atoms with Gasteiger partial charge in [0, 0.05) is 12.8 Å². The van der Waals surface area contributed by atoms with Gasteiger partial charge in [-0.25, -0.2) is 0 Å². The van der Waals surface area contributed by atoms with E-state index in [2.05, 4.69) is 55.6 Å². The second-order valence-corrected chi connectivity index (χ2v) is 19.6. The number of hydrogen-bond acceptors (Lipinski definition) is 5. The van der Waals surface area contributed by atoms with E-state index in [1.165, 1.54) is 212 Å².